The molecule has 1 aromatic carbocycles. The normalized spacial score (nSPS) is 23.4. The number of alkyl carbamates (subject to hydrolysis) is 1. The van der Waals surface area contributed by atoms with Crippen LogP contribution in [-0.4, -0.2) is 44.3 Å². The first-order chi connectivity index (χ1) is 9.62. The van der Waals surface area contributed by atoms with Crippen molar-refractivity contribution in [3.63, 3.8) is 0 Å². The van der Waals surface area contributed by atoms with Crippen molar-refractivity contribution in [2.24, 2.45) is 0 Å². The third-order valence-corrected chi connectivity index (χ3v) is 4.00. The monoisotopic (exact) mass is 276 g/mol. The zero-order valence-corrected chi connectivity index (χ0v) is 12.6. The van der Waals surface area contributed by atoms with E-state index in [1.54, 1.807) is 0 Å². The lowest BCUT2D eigenvalue weighted by Gasteiger charge is -2.36. The molecule has 1 N–H and O–H groups in total. The van der Waals surface area contributed by atoms with E-state index in [0.29, 0.717) is 5.92 Å². The van der Waals surface area contributed by atoms with Gasteiger partial charge in [0.25, 0.3) is 0 Å². The van der Waals surface area contributed by atoms with Crippen molar-refractivity contribution in [3.05, 3.63) is 35.4 Å². The number of aryl methyl sites for hydroxylation is 1. The van der Waals surface area contributed by atoms with Crippen LogP contribution in [0.25, 0.3) is 0 Å². The first-order valence-electron chi connectivity index (χ1n) is 7.24. The number of ether oxygens (including phenoxy) is 1. The van der Waals surface area contributed by atoms with Crippen LogP contribution in [0.1, 0.15) is 30.4 Å². The maximum absolute atomic E-state index is 11.4. The van der Waals surface area contributed by atoms with Crippen LogP contribution in [-0.2, 0) is 11.2 Å². The molecule has 2 unspecified atom stereocenters. The Hall–Kier alpha value is -1.55. The van der Waals surface area contributed by atoms with E-state index in [-0.39, 0.29) is 12.1 Å². The van der Waals surface area contributed by atoms with Gasteiger partial charge in [0.1, 0.15) is 0 Å². The summed E-state index contributed by atoms with van der Waals surface area (Å²) in [6.45, 7) is 4.07. The fraction of sp³-hybridized carbons (Fsp3) is 0.562. The van der Waals surface area contributed by atoms with Gasteiger partial charge in [0, 0.05) is 19.1 Å². The third kappa shape index (κ3) is 3.73. The molecule has 0 aliphatic carbocycles. The SMILES string of the molecule is CCc1ccc(C2CC(NC(=O)OC)CN(C)C2)cc1. The van der Waals surface area contributed by atoms with Gasteiger partial charge in [-0.15, -0.1) is 0 Å². The number of nitrogens with one attached hydrogen (secondary N) is 1. The van der Waals surface area contributed by atoms with Gasteiger partial charge >= 0.3 is 6.09 Å². The highest BCUT2D eigenvalue weighted by Crippen LogP contribution is 2.26. The van der Waals surface area contributed by atoms with Gasteiger partial charge in [-0.3, -0.25) is 0 Å². The number of nitrogens with zero attached hydrogens (tertiary/aromatic N) is 1. The lowest BCUT2D eigenvalue weighted by Crippen LogP contribution is -2.48. The third-order valence-electron chi connectivity index (χ3n) is 4.00. The lowest BCUT2D eigenvalue weighted by molar-refractivity contribution is 0.150. The van der Waals surface area contributed by atoms with Gasteiger partial charge in [-0.2, -0.15) is 0 Å². The molecule has 4 nitrogen and oxygen atoms in total. The first kappa shape index (κ1) is 14.9. The molecular formula is C16H24N2O2. The van der Waals surface area contributed by atoms with Crippen LogP contribution >= 0.6 is 0 Å². The van der Waals surface area contributed by atoms with Crippen molar-refractivity contribution in [2.75, 3.05) is 27.2 Å². The fourth-order valence-corrected chi connectivity index (χ4v) is 2.92. The number of benzene rings is 1. The van der Waals surface area contributed by atoms with E-state index in [9.17, 15) is 4.79 Å². The van der Waals surface area contributed by atoms with E-state index in [0.717, 1.165) is 25.9 Å². The molecule has 110 valence electrons. The van der Waals surface area contributed by atoms with Gasteiger partial charge in [0.2, 0.25) is 0 Å². The van der Waals surface area contributed by atoms with Gasteiger partial charge in [0.15, 0.2) is 0 Å². The van der Waals surface area contributed by atoms with Crippen molar-refractivity contribution in [2.45, 2.75) is 31.7 Å². The highest BCUT2D eigenvalue weighted by atomic mass is 16.5. The number of hydrogen-bond donors (Lipinski definition) is 1. The molecule has 0 saturated carbocycles. The zero-order chi connectivity index (χ0) is 14.5. The highest BCUT2D eigenvalue weighted by Gasteiger charge is 2.27. The molecule has 1 fully saturated rings. The van der Waals surface area contributed by atoms with Gasteiger partial charge < -0.3 is 15.0 Å². The average molecular weight is 276 g/mol. The Kier molecular flexibility index (Phi) is 5.01. The molecule has 20 heavy (non-hydrogen) atoms. The van der Waals surface area contributed by atoms with Crippen LogP contribution < -0.4 is 5.32 Å². The van der Waals surface area contributed by atoms with Crippen molar-refractivity contribution in [1.82, 2.24) is 10.2 Å². The van der Waals surface area contributed by atoms with Gasteiger partial charge in [-0.25, -0.2) is 4.79 Å². The van der Waals surface area contributed by atoms with Gasteiger partial charge in [0.05, 0.1) is 7.11 Å². The Morgan fingerprint density at radius 2 is 2.05 bits per heavy atom. The van der Waals surface area contributed by atoms with E-state index < -0.39 is 0 Å². The molecule has 1 saturated heterocycles. The van der Waals surface area contributed by atoms with E-state index >= 15 is 0 Å². The number of piperidine rings is 1. The number of amides is 1. The molecule has 0 bridgehead atoms. The molecule has 1 aliphatic heterocycles. The van der Waals surface area contributed by atoms with Crippen LogP contribution in [0.2, 0.25) is 0 Å². The summed E-state index contributed by atoms with van der Waals surface area (Å²) < 4.78 is 4.69. The van der Waals surface area contributed by atoms with Crippen molar-refractivity contribution < 1.29 is 9.53 Å². The van der Waals surface area contributed by atoms with Crippen LogP contribution in [0.5, 0.6) is 0 Å². The minimum atomic E-state index is -0.342. The molecule has 2 atom stereocenters. The summed E-state index contributed by atoms with van der Waals surface area (Å²) in [5, 5.41) is 2.92. The summed E-state index contributed by atoms with van der Waals surface area (Å²) >= 11 is 0. The number of carbonyl (C=O) groups is 1. The van der Waals surface area contributed by atoms with Gasteiger partial charge in [-0.1, -0.05) is 31.2 Å². The van der Waals surface area contributed by atoms with Crippen LogP contribution in [0, 0.1) is 0 Å². The van der Waals surface area contributed by atoms with Crippen LogP contribution in [0.3, 0.4) is 0 Å². The van der Waals surface area contributed by atoms with Gasteiger partial charge in [-0.05, 0) is 36.9 Å². The van der Waals surface area contributed by atoms with Crippen molar-refractivity contribution in [3.8, 4) is 0 Å². The van der Waals surface area contributed by atoms with E-state index in [1.807, 2.05) is 0 Å². The fourth-order valence-electron chi connectivity index (χ4n) is 2.92. The van der Waals surface area contributed by atoms with E-state index in [4.69, 9.17) is 4.74 Å². The summed E-state index contributed by atoms with van der Waals surface area (Å²) in [4.78, 5) is 13.6. The van der Waals surface area contributed by atoms with Crippen LogP contribution in [0.15, 0.2) is 24.3 Å². The molecule has 1 aromatic rings. The zero-order valence-electron chi connectivity index (χ0n) is 12.6. The summed E-state index contributed by atoms with van der Waals surface area (Å²) in [5.41, 5.74) is 2.72. The molecule has 0 spiro atoms. The standard InChI is InChI=1S/C16H24N2O2/c1-4-12-5-7-13(8-6-12)14-9-15(11-18(2)10-14)17-16(19)20-3/h5-8,14-15H,4,9-11H2,1-3H3,(H,17,19). The Labute approximate surface area is 121 Å². The van der Waals surface area contributed by atoms with Crippen molar-refractivity contribution >= 4 is 6.09 Å². The quantitative estimate of drug-likeness (QED) is 0.921. The van der Waals surface area contributed by atoms with Crippen LogP contribution in [0.4, 0.5) is 4.79 Å². The molecule has 1 amide bonds. The molecule has 1 heterocycles. The maximum atomic E-state index is 11.4. The van der Waals surface area contributed by atoms with E-state index in [2.05, 4.69) is 48.5 Å². The first-order valence-corrected chi connectivity index (χ1v) is 7.24. The number of methoxy groups -OCH3 is 1. The predicted molar refractivity (Wildman–Crippen MR) is 80.0 cm³/mol. The predicted octanol–water partition coefficient (Wildman–Crippen LogP) is 2.39. The smallest absolute Gasteiger partial charge is 0.407 e. The number of carbonyl (C=O) groups excluding carboxylic acids is 1. The number of likely N-dealkylation sites (N-methyl/N-ethyl adjacent to an activating group) is 1. The second-order valence-electron chi connectivity index (χ2n) is 5.58. The average Bonchev–Trinajstić information content (AvgIpc) is 2.46. The Bertz CT molecular complexity index is 444. The summed E-state index contributed by atoms with van der Waals surface area (Å²) in [6, 6.07) is 8.99. The molecule has 0 radical (unpaired) electrons. The lowest BCUT2D eigenvalue weighted by atomic mass is 9.88. The molecule has 2 rings (SSSR count). The number of likely N-dealkylation sites (tertiary alicyclic amines) is 1. The van der Waals surface area contributed by atoms with E-state index in [1.165, 1.54) is 18.2 Å². The summed E-state index contributed by atoms with van der Waals surface area (Å²) in [5.74, 6) is 0.460. The topological polar surface area (TPSA) is 41.6 Å². The molecular weight excluding hydrogens is 252 g/mol. The largest absolute Gasteiger partial charge is 0.453 e. The molecule has 4 heteroatoms. The Morgan fingerprint density at radius 1 is 1.35 bits per heavy atom. The highest BCUT2D eigenvalue weighted by molar-refractivity contribution is 5.67. The molecule has 0 aromatic heterocycles. The molecule has 1 aliphatic rings. The number of hydrogen-bond acceptors (Lipinski definition) is 3. The van der Waals surface area contributed by atoms with Crippen molar-refractivity contribution in [1.29, 1.82) is 0 Å². The minimum absolute atomic E-state index is 0.150. The Balaban J connectivity index is 2.04. The maximum Gasteiger partial charge on any atom is 0.407 e. The number of rotatable bonds is 3. The minimum Gasteiger partial charge on any atom is -0.453 e. The summed E-state index contributed by atoms with van der Waals surface area (Å²) in [6.07, 6.45) is 1.69. The second kappa shape index (κ2) is 6.75. The Morgan fingerprint density at radius 3 is 2.65 bits per heavy atom. The second-order valence-corrected chi connectivity index (χ2v) is 5.58. The summed E-state index contributed by atoms with van der Waals surface area (Å²) in [7, 11) is 3.50.